The third kappa shape index (κ3) is 1.20. The van der Waals surface area contributed by atoms with E-state index in [1.54, 1.807) is 16.9 Å². The van der Waals surface area contributed by atoms with Crippen LogP contribution in [-0.4, -0.2) is 20.5 Å². The molecule has 0 saturated heterocycles. The zero-order valence-electron chi connectivity index (χ0n) is 7.48. The molecule has 0 radical (unpaired) electrons. The van der Waals surface area contributed by atoms with Gasteiger partial charge in [0.1, 0.15) is 11.2 Å². The van der Waals surface area contributed by atoms with Crippen molar-refractivity contribution < 1.29 is 4.79 Å². The van der Waals surface area contributed by atoms with E-state index in [9.17, 15) is 4.79 Å². The van der Waals surface area contributed by atoms with Gasteiger partial charge in [0.25, 0.3) is 0 Å². The first-order valence-corrected chi connectivity index (χ1v) is 3.98. The van der Waals surface area contributed by atoms with Gasteiger partial charge in [0, 0.05) is 14.0 Å². The largest absolute Gasteiger partial charge is 0.293 e. The number of aromatic nitrogens is 3. The van der Waals surface area contributed by atoms with Gasteiger partial charge in [-0.25, -0.2) is 4.98 Å². The van der Waals surface area contributed by atoms with E-state index in [4.69, 9.17) is 0 Å². The minimum atomic E-state index is -0.0225. The first kappa shape index (κ1) is 7.91. The Labute approximate surface area is 75.2 Å². The Morgan fingerprint density at radius 1 is 1.46 bits per heavy atom. The number of nitrogens with zero attached hydrogens (tertiary/aromatic N) is 3. The zero-order chi connectivity index (χ0) is 9.42. The summed E-state index contributed by atoms with van der Waals surface area (Å²) in [5.74, 6) is -0.0225. The van der Waals surface area contributed by atoms with Crippen LogP contribution in [0, 0.1) is 0 Å². The third-order valence-electron chi connectivity index (χ3n) is 1.96. The lowest BCUT2D eigenvalue weighted by Gasteiger charge is -1.95. The van der Waals surface area contributed by atoms with Crippen molar-refractivity contribution in [2.24, 2.45) is 7.05 Å². The van der Waals surface area contributed by atoms with Crippen molar-refractivity contribution in [1.29, 1.82) is 0 Å². The number of carbonyl (C=O) groups excluding carboxylic acids is 1. The molecule has 0 bridgehead atoms. The molecule has 2 aromatic heterocycles. The van der Waals surface area contributed by atoms with Gasteiger partial charge >= 0.3 is 0 Å². The number of hydrogen-bond donors (Lipinski definition) is 0. The fourth-order valence-corrected chi connectivity index (χ4v) is 1.24. The molecule has 0 unspecified atom stereocenters. The SMILES string of the molecule is CC(=O)c1ccc2c(cnn2C)n1. The van der Waals surface area contributed by atoms with Gasteiger partial charge in [-0.2, -0.15) is 5.10 Å². The van der Waals surface area contributed by atoms with E-state index in [-0.39, 0.29) is 5.78 Å². The highest BCUT2D eigenvalue weighted by Crippen LogP contribution is 2.10. The molecular formula is C9H9N3O. The van der Waals surface area contributed by atoms with E-state index in [1.807, 2.05) is 13.1 Å². The maximum absolute atomic E-state index is 11.0. The molecule has 0 N–H and O–H groups in total. The lowest BCUT2D eigenvalue weighted by molar-refractivity contribution is 0.101. The molecule has 0 aliphatic rings. The summed E-state index contributed by atoms with van der Waals surface area (Å²) in [6.45, 7) is 1.50. The average Bonchev–Trinajstić information content (AvgIpc) is 2.47. The minimum absolute atomic E-state index is 0.0225. The van der Waals surface area contributed by atoms with Crippen molar-refractivity contribution in [2.45, 2.75) is 6.92 Å². The first-order valence-electron chi connectivity index (χ1n) is 3.98. The van der Waals surface area contributed by atoms with Crippen molar-refractivity contribution in [3.63, 3.8) is 0 Å². The molecule has 4 heteroatoms. The smallest absolute Gasteiger partial charge is 0.178 e. The summed E-state index contributed by atoms with van der Waals surface area (Å²) in [6.07, 6.45) is 1.65. The van der Waals surface area contributed by atoms with Gasteiger partial charge in [-0.3, -0.25) is 9.48 Å². The van der Waals surface area contributed by atoms with Crippen LogP contribution in [0.15, 0.2) is 18.3 Å². The van der Waals surface area contributed by atoms with Crippen LogP contribution in [0.1, 0.15) is 17.4 Å². The fourth-order valence-electron chi connectivity index (χ4n) is 1.24. The standard InChI is InChI=1S/C9H9N3O/c1-6(13)7-3-4-9-8(11-7)5-10-12(9)2/h3-5H,1-2H3. The molecule has 13 heavy (non-hydrogen) atoms. The summed E-state index contributed by atoms with van der Waals surface area (Å²) in [5.41, 5.74) is 2.18. The monoisotopic (exact) mass is 175 g/mol. The van der Waals surface area contributed by atoms with Crippen LogP contribution in [0.4, 0.5) is 0 Å². The Morgan fingerprint density at radius 2 is 2.23 bits per heavy atom. The van der Waals surface area contributed by atoms with E-state index >= 15 is 0 Å². The second-order valence-electron chi connectivity index (χ2n) is 2.93. The number of carbonyl (C=O) groups is 1. The van der Waals surface area contributed by atoms with Crippen molar-refractivity contribution in [3.8, 4) is 0 Å². The van der Waals surface area contributed by atoms with E-state index in [2.05, 4.69) is 10.1 Å². The van der Waals surface area contributed by atoms with Gasteiger partial charge in [0.2, 0.25) is 0 Å². The Bertz CT molecular complexity index is 473. The van der Waals surface area contributed by atoms with Crippen molar-refractivity contribution >= 4 is 16.8 Å². The van der Waals surface area contributed by atoms with Crippen LogP contribution in [0.25, 0.3) is 11.0 Å². The molecule has 2 rings (SSSR count). The Morgan fingerprint density at radius 3 is 2.92 bits per heavy atom. The number of aryl methyl sites for hydroxylation is 1. The fraction of sp³-hybridized carbons (Fsp3) is 0.222. The Kier molecular flexibility index (Phi) is 1.62. The van der Waals surface area contributed by atoms with Crippen LogP contribution in [0.2, 0.25) is 0 Å². The maximum Gasteiger partial charge on any atom is 0.178 e. The summed E-state index contributed by atoms with van der Waals surface area (Å²) in [6, 6.07) is 3.57. The van der Waals surface area contributed by atoms with Gasteiger partial charge in [-0.1, -0.05) is 0 Å². The van der Waals surface area contributed by atoms with Gasteiger partial charge in [-0.15, -0.1) is 0 Å². The summed E-state index contributed by atoms with van der Waals surface area (Å²) in [7, 11) is 1.84. The number of rotatable bonds is 1. The lowest BCUT2D eigenvalue weighted by atomic mass is 10.2. The maximum atomic E-state index is 11.0. The molecule has 0 aliphatic carbocycles. The van der Waals surface area contributed by atoms with Crippen LogP contribution >= 0.6 is 0 Å². The van der Waals surface area contributed by atoms with Gasteiger partial charge in [0.15, 0.2) is 5.78 Å². The number of hydrogen-bond acceptors (Lipinski definition) is 3. The normalized spacial score (nSPS) is 10.6. The second-order valence-corrected chi connectivity index (χ2v) is 2.93. The Balaban J connectivity index is 2.70. The van der Waals surface area contributed by atoms with E-state index in [0.29, 0.717) is 5.69 Å². The number of Topliss-reactive ketones (excluding diaryl/α,β-unsaturated/α-hetero) is 1. The summed E-state index contributed by atoms with van der Waals surface area (Å²) < 4.78 is 1.73. The number of fused-ring (bicyclic) bond motifs is 1. The molecule has 2 heterocycles. The second kappa shape index (κ2) is 2.65. The highest BCUT2D eigenvalue weighted by molar-refractivity contribution is 5.94. The average molecular weight is 175 g/mol. The summed E-state index contributed by atoms with van der Waals surface area (Å²) in [5, 5.41) is 4.04. The topological polar surface area (TPSA) is 47.8 Å². The lowest BCUT2D eigenvalue weighted by Crippen LogP contribution is -1.96. The minimum Gasteiger partial charge on any atom is -0.293 e. The predicted octanol–water partition coefficient (Wildman–Crippen LogP) is 1.17. The van der Waals surface area contributed by atoms with Crippen LogP contribution in [0.3, 0.4) is 0 Å². The summed E-state index contributed by atoms with van der Waals surface area (Å²) in [4.78, 5) is 15.2. The molecule has 0 amide bonds. The van der Waals surface area contributed by atoms with E-state index in [1.165, 1.54) is 6.92 Å². The molecular weight excluding hydrogens is 166 g/mol. The molecule has 0 spiro atoms. The number of ketones is 1. The van der Waals surface area contributed by atoms with E-state index < -0.39 is 0 Å². The molecule has 0 atom stereocenters. The van der Waals surface area contributed by atoms with Crippen LogP contribution < -0.4 is 0 Å². The van der Waals surface area contributed by atoms with Gasteiger partial charge < -0.3 is 0 Å². The molecule has 0 saturated carbocycles. The van der Waals surface area contributed by atoms with Crippen molar-refractivity contribution in [3.05, 3.63) is 24.0 Å². The molecule has 2 aromatic rings. The zero-order valence-corrected chi connectivity index (χ0v) is 7.48. The van der Waals surface area contributed by atoms with E-state index in [0.717, 1.165) is 11.0 Å². The van der Waals surface area contributed by atoms with Gasteiger partial charge in [0.05, 0.1) is 11.7 Å². The highest BCUT2D eigenvalue weighted by Gasteiger charge is 2.04. The molecule has 0 aliphatic heterocycles. The van der Waals surface area contributed by atoms with Crippen LogP contribution in [0.5, 0.6) is 0 Å². The molecule has 0 aromatic carbocycles. The predicted molar refractivity (Wildman–Crippen MR) is 48.5 cm³/mol. The molecule has 0 fully saturated rings. The molecule has 66 valence electrons. The Hall–Kier alpha value is -1.71. The third-order valence-corrected chi connectivity index (χ3v) is 1.96. The van der Waals surface area contributed by atoms with Gasteiger partial charge in [-0.05, 0) is 12.1 Å². The first-order chi connectivity index (χ1) is 6.18. The quantitative estimate of drug-likeness (QED) is 0.611. The highest BCUT2D eigenvalue weighted by atomic mass is 16.1. The van der Waals surface area contributed by atoms with Crippen molar-refractivity contribution in [2.75, 3.05) is 0 Å². The molecule has 4 nitrogen and oxygen atoms in total. The van der Waals surface area contributed by atoms with Crippen LogP contribution in [-0.2, 0) is 7.05 Å². The summed E-state index contributed by atoms with van der Waals surface area (Å²) >= 11 is 0. The van der Waals surface area contributed by atoms with Crippen molar-refractivity contribution in [1.82, 2.24) is 14.8 Å². The number of pyridine rings is 1.